The molecule has 1 atom stereocenters. The first-order valence-corrected chi connectivity index (χ1v) is 9.55. The van der Waals surface area contributed by atoms with E-state index in [-0.39, 0.29) is 25.2 Å². The highest BCUT2D eigenvalue weighted by molar-refractivity contribution is 5.79. The number of carbonyl (C=O) groups is 1. The number of amides is 1. The summed E-state index contributed by atoms with van der Waals surface area (Å²) < 4.78 is 5.61. The van der Waals surface area contributed by atoms with Gasteiger partial charge in [-0.25, -0.2) is 4.79 Å². The minimum atomic E-state index is -0.468. The van der Waals surface area contributed by atoms with Crippen molar-refractivity contribution in [1.29, 1.82) is 0 Å². The summed E-state index contributed by atoms with van der Waals surface area (Å²) in [7, 11) is 0. The molecule has 0 radical (unpaired) electrons. The minimum Gasteiger partial charge on any atom is -0.449 e. The third kappa shape index (κ3) is 3.64. The lowest BCUT2D eigenvalue weighted by Gasteiger charge is -2.19. The fourth-order valence-electron chi connectivity index (χ4n) is 3.92. The molecule has 1 unspecified atom stereocenters. The van der Waals surface area contributed by atoms with Crippen LogP contribution in [0.15, 0.2) is 78.9 Å². The van der Waals surface area contributed by atoms with Crippen molar-refractivity contribution < 1.29 is 14.6 Å². The van der Waals surface area contributed by atoms with E-state index in [2.05, 4.69) is 29.6 Å². The lowest BCUT2D eigenvalue weighted by molar-refractivity contribution is 0.136. The average molecular weight is 373 g/mol. The van der Waals surface area contributed by atoms with Crippen LogP contribution in [0.25, 0.3) is 11.1 Å². The molecule has 0 aliphatic heterocycles. The van der Waals surface area contributed by atoms with Crippen molar-refractivity contribution in [2.24, 2.45) is 0 Å². The van der Waals surface area contributed by atoms with Gasteiger partial charge in [0, 0.05) is 12.5 Å². The normalized spacial score (nSPS) is 13.5. The number of rotatable bonds is 6. The Kier molecular flexibility index (Phi) is 5.40. The van der Waals surface area contributed by atoms with E-state index in [1.165, 1.54) is 22.3 Å². The maximum atomic E-state index is 12.5. The molecule has 0 bridgehead atoms. The first-order valence-electron chi connectivity index (χ1n) is 9.55. The Bertz CT molecular complexity index is 909. The maximum Gasteiger partial charge on any atom is 0.407 e. The van der Waals surface area contributed by atoms with Crippen LogP contribution in [-0.4, -0.2) is 24.4 Å². The summed E-state index contributed by atoms with van der Waals surface area (Å²) in [5, 5.41) is 12.2. The largest absolute Gasteiger partial charge is 0.449 e. The molecule has 4 heteroatoms. The highest BCUT2D eigenvalue weighted by atomic mass is 16.5. The second kappa shape index (κ2) is 8.28. The standard InChI is InChI=1S/C24H23NO3/c26-15-14-23(17-8-2-1-3-9-17)25-24(27)28-16-22-20-12-6-4-10-18(20)19-11-5-7-13-21(19)22/h1-13,22-23,26H,14-16H2,(H,25,27). The van der Waals surface area contributed by atoms with Gasteiger partial charge in [-0.1, -0.05) is 78.9 Å². The van der Waals surface area contributed by atoms with Gasteiger partial charge >= 0.3 is 6.09 Å². The summed E-state index contributed by atoms with van der Waals surface area (Å²) in [6.07, 6.45) is -0.0297. The Hall–Kier alpha value is -3.11. The molecular formula is C24H23NO3. The number of benzene rings is 3. The summed E-state index contributed by atoms with van der Waals surface area (Å²) in [6, 6.07) is 25.9. The van der Waals surface area contributed by atoms with Gasteiger partial charge in [-0.05, 0) is 34.2 Å². The summed E-state index contributed by atoms with van der Waals surface area (Å²) >= 11 is 0. The van der Waals surface area contributed by atoms with Crippen LogP contribution in [0.1, 0.15) is 35.1 Å². The lowest BCUT2D eigenvalue weighted by Crippen LogP contribution is -2.30. The van der Waals surface area contributed by atoms with E-state index in [0.29, 0.717) is 6.42 Å². The maximum absolute atomic E-state index is 12.5. The molecule has 1 amide bonds. The van der Waals surface area contributed by atoms with Gasteiger partial charge in [-0.2, -0.15) is 0 Å². The van der Waals surface area contributed by atoms with Crippen LogP contribution in [0, 0.1) is 0 Å². The molecule has 0 heterocycles. The van der Waals surface area contributed by atoms with Crippen LogP contribution < -0.4 is 5.32 Å². The monoisotopic (exact) mass is 373 g/mol. The molecule has 3 aromatic rings. The zero-order valence-corrected chi connectivity index (χ0v) is 15.5. The van der Waals surface area contributed by atoms with Crippen LogP contribution in [-0.2, 0) is 4.74 Å². The molecule has 0 aromatic heterocycles. The second-order valence-corrected chi connectivity index (χ2v) is 6.95. The van der Waals surface area contributed by atoms with E-state index in [9.17, 15) is 9.90 Å². The molecule has 4 nitrogen and oxygen atoms in total. The van der Waals surface area contributed by atoms with Crippen LogP contribution in [0.2, 0.25) is 0 Å². The third-order valence-electron chi connectivity index (χ3n) is 5.26. The molecule has 1 aliphatic rings. The number of hydrogen-bond donors (Lipinski definition) is 2. The van der Waals surface area contributed by atoms with Gasteiger partial charge in [0.15, 0.2) is 0 Å². The number of carbonyl (C=O) groups excluding carboxylic acids is 1. The number of aliphatic hydroxyl groups excluding tert-OH is 1. The smallest absolute Gasteiger partial charge is 0.407 e. The van der Waals surface area contributed by atoms with E-state index in [0.717, 1.165) is 5.56 Å². The topological polar surface area (TPSA) is 58.6 Å². The molecule has 0 saturated carbocycles. The number of aliphatic hydroxyl groups is 1. The average Bonchev–Trinajstić information content (AvgIpc) is 3.06. The molecule has 0 saturated heterocycles. The van der Waals surface area contributed by atoms with Crippen molar-refractivity contribution in [3.8, 4) is 11.1 Å². The molecule has 4 rings (SSSR count). The van der Waals surface area contributed by atoms with Gasteiger partial charge in [-0.3, -0.25) is 0 Å². The van der Waals surface area contributed by atoms with E-state index >= 15 is 0 Å². The van der Waals surface area contributed by atoms with Gasteiger partial charge in [0.2, 0.25) is 0 Å². The Morgan fingerprint density at radius 1 is 0.893 bits per heavy atom. The van der Waals surface area contributed by atoms with E-state index < -0.39 is 6.09 Å². The second-order valence-electron chi connectivity index (χ2n) is 6.95. The number of alkyl carbamates (subject to hydrolysis) is 1. The SMILES string of the molecule is O=C(NC(CCO)c1ccccc1)OCC1c2ccccc2-c2ccccc21. The Balaban J connectivity index is 1.46. The first kappa shape index (κ1) is 18.3. The highest BCUT2D eigenvalue weighted by Crippen LogP contribution is 2.44. The molecule has 0 fully saturated rings. The summed E-state index contributed by atoms with van der Waals surface area (Å²) in [4.78, 5) is 12.5. The molecule has 3 aromatic carbocycles. The lowest BCUT2D eigenvalue weighted by atomic mass is 9.98. The van der Waals surface area contributed by atoms with E-state index in [1.54, 1.807) is 0 Å². The molecule has 2 N–H and O–H groups in total. The Morgan fingerprint density at radius 2 is 1.46 bits per heavy atom. The predicted molar refractivity (Wildman–Crippen MR) is 109 cm³/mol. The van der Waals surface area contributed by atoms with Crippen molar-refractivity contribution in [3.05, 3.63) is 95.6 Å². The third-order valence-corrected chi connectivity index (χ3v) is 5.26. The number of nitrogens with one attached hydrogen (secondary N) is 1. The van der Waals surface area contributed by atoms with Crippen molar-refractivity contribution in [2.75, 3.05) is 13.2 Å². The molecule has 142 valence electrons. The molecule has 1 aliphatic carbocycles. The van der Waals surface area contributed by atoms with Gasteiger partial charge in [0.05, 0.1) is 6.04 Å². The zero-order valence-electron chi connectivity index (χ0n) is 15.5. The fraction of sp³-hybridized carbons (Fsp3) is 0.208. The van der Waals surface area contributed by atoms with E-state index in [1.807, 2.05) is 54.6 Å². The Morgan fingerprint density at radius 3 is 2.07 bits per heavy atom. The summed E-state index contributed by atoms with van der Waals surface area (Å²) in [6.45, 7) is 0.268. The van der Waals surface area contributed by atoms with Crippen molar-refractivity contribution in [1.82, 2.24) is 5.32 Å². The first-order chi connectivity index (χ1) is 13.8. The van der Waals surface area contributed by atoms with Crippen LogP contribution >= 0.6 is 0 Å². The number of hydrogen-bond acceptors (Lipinski definition) is 3. The number of fused-ring (bicyclic) bond motifs is 3. The van der Waals surface area contributed by atoms with E-state index in [4.69, 9.17) is 4.74 Å². The predicted octanol–water partition coefficient (Wildman–Crippen LogP) is 4.65. The van der Waals surface area contributed by atoms with Crippen LogP contribution in [0.3, 0.4) is 0 Å². The van der Waals surface area contributed by atoms with Crippen molar-refractivity contribution in [2.45, 2.75) is 18.4 Å². The van der Waals surface area contributed by atoms with Gasteiger partial charge in [0.1, 0.15) is 6.61 Å². The van der Waals surface area contributed by atoms with Gasteiger partial charge in [-0.15, -0.1) is 0 Å². The zero-order chi connectivity index (χ0) is 19.3. The minimum absolute atomic E-state index is 0.0107. The van der Waals surface area contributed by atoms with Crippen LogP contribution in [0.4, 0.5) is 4.79 Å². The van der Waals surface area contributed by atoms with Gasteiger partial charge in [0.25, 0.3) is 0 Å². The van der Waals surface area contributed by atoms with Crippen molar-refractivity contribution >= 4 is 6.09 Å². The highest BCUT2D eigenvalue weighted by Gasteiger charge is 2.29. The Labute approximate surface area is 164 Å². The van der Waals surface area contributed by atoms with Gasteiger partial charge < -0.3 is 15.2 Å². The quantitative estimate of drug-likeness (QED) is 0.661. The van der Waals surface area contributed by atoms with Crippen molar-refractivity contribution in [3.63, 3.8) is 0 Å². The molecule has 0 spiro atoms. The summed E-state index contributed by atoms with van der Waals surface area (Å²) in [5.41, 5.74) is 5.73. The van der Waals surface area contributed by atoms with Crippen LogP contribution in [0.5, 0.6) is 0 Å². The fourth-order valence-corrected chi connectivity index (χ4v) is 3.92. The summed E-state index contributed by atoms with van der Waals surface area (Å²) in [5.74, 6) is 0.0335. The molecular weight excluding hydrogens is 350 g/mol. The molecule has 28 heavy (non-hydrogen) atoms. The number of ether oxygens (including phenoxy) is 1.